The van der Waals surface area contributed by atoms with E-state index in [2.05, 4.69) is 4.90 Å². The Morgan fingerprint density at radius 1 is 1.09 bits per heavy atom. The Hall–Kier alpha value is -3.16. The van der Waals surface area contributed by atoms with Crippen molar-refractivity contribution in [2.75, 3.05) is 41.3 Å². The van der Waals surface area contributed by atoms with Crippen molar-refractivity contribution in [1.29, 1.82) is 0 Å². The molecule has 0 unspecified atom stereocenters. The average Bonchev–Trinajstić information content (AvgIpc) is 3.15. The van der Waals surface area contributed by atoms with E-state index in [1.165, 1.54) is 4.90 Å². The Labute approximate surface area is 189 Å². The summed E-state index contributed by atoms with van der Waals surface area (Å²) in [5.41, 5.74) is 8.99. The maximum atomic E-state index is 13.1. The molecule has 0 saturated carbocycles. The van der Waals surface area contributed by atoms with Gasteiger partial charge in [-0.15, -0.1) is 0 Å². The largest absolute Gasteiger partial charge is 0.497 e. The molecule has 3 rings (SSSR count). The van der Waals surface area contributed by atoms with Crippen LogP contribution in [0.15, 0.2) is 54.7 Å². The van der Waals surface area contributed by atoms with Crippen molar-refractivity contribution in [1.82, 2.24) is 14.4 Å². The lowest BCUT2D eigenvalue weighted by molar-refractivity contribution is -0.130. The first-order chi connectivity index (χ1) is 15.3. The molecule has 1 heterocycles. The third-order valence-corrected chi connectivity index (χ3v) is 5.56. The summed E-state index contributed by atoms with van der Waals surface area (Å²) < 4.78 is 7.00. The van der Waals surface area contributed by atoms with Crippen molar-refractivity contribution in [3.05, 3.63) is 65.9 Å². The number of ether oxygens (including phenoxy) is 1. The zero-order valence-electron chi connectivity index (χ0n) is 19.2. The highest BCUT2D eigenvalue weighted by atomic mass is 16.5. The van der Waals surface area contributed by atoms with Crippen LogP contribution in [0.5, 0.6) is 5.75 Å². The van der Waals surface area contributed by atoms with Crippen LogP contribution in [0.25, 0.3) is 10.9 Å². The SMILES string of the molecule is COc1ccc2c(c1)c(CCN(C)C)cn2C(=O)CN(C)C(=O)[C@@H](N)Cc1ccccc1. The summed E-state index contributed by atoms with van der Waals surface area (Å²) in [6, 6.07) is 14.6. The van der Waals surface area contributed by atoms with Crippen LogP contribution in [0.2, 0.25) is 0 Å². The van der Waals surface area contributed by atoms with E-state index >= 15 is 0 Å². The zero-order chi connectivity index (χ0) is 23.3. The lowest BCUT2D eigenvalue weighted by Gasteiger charge is -2.21. The zero-order valence-corrected chi connectivity index (χ0v) is 19.2. The van der Waals surface area contributed by atoms with Gasteiger partial charge in [-0.3, -0.25) is 14.2 Å². The molecule has 0 aliphatic heterocycles. The van der Waals surface area contributed by atoms with E-state index in [1.807, 2.05) is 68.8 Å². The maximum Gasteiger partial charge on any atom is 0.250 e. The number of fused-ring (bicyclic) bond motifs is 1. The molecule has 1 atom stereocenters. The summed E-state index contributed by atoms with van der Waals surface area (Å²) in [7, 11) is 7.28. The van der Waals surface area contributed by atoms with Crippen LogP contribution in [0.4, 0.5) is 0 Å². The van der Waals surface area contributed by atoms with E-state index in [0.29, 0.717) is 6.42 Å². The molecule has 0 bridgehead atoms. The number of carbonyl (C=O) groups is 2. The van der Waals surface area contributed by atoms with E-state index in [1.54, 1.807) is 18.7 Å². The molecule has 2 aromatic carbocycles. The van der Waals surface area contributed by atoms with Crippen molar-refractivity contribution < 1.29 is 14.3 Å². The molecule has 1 aromatic heterocycles. The van der Waals surface area contributed by atoms with Crippen LogP contribution in [0.1, 0.15) is 15.9 Å². The number of likely N-dealkylation sites (N-methyl/N-ethyl adjacent to an activating group) is 2. The molecule has 0 radical (unpaired) electrons. The van der Waals surface area contributed by atoms with Crippen LogP contribution < -0.4 is 10.5 Å². The highest BCUT2D eigenvalue weighted by molar-refractivity contribution is 5.97. The van der Waals surface area contributed by atoms with E-state index in [0.717, 1.165) is 40.7 Å². The van der Waals surface area contributed by atoms with Gasteiger partial charge in [-0.2, -0.15) is 0 Å². The van der Waals surface area contributed by atoms with E-state index < -0.39 is 6.04 Å². The molecule has 0 aliphatic carbocycles. The highest BCUT2D eigenvalue weighted by Gasteiger charge is 2.22. The molecule has 170 valence electrons. The predicted molar refractivity (Wildman–Crippen MR) is 127 cm³/mol. The topological polar surface area (TPSA) is 80.8 Å². The Kier molecular flexibility index (Phi) is 7.66. The molecule has 0 saturated heterocycles. The number of nitrogens with two attached hydrogens (primary N) is 1. The molecule has 0 fully saturated rings. The molecular weight excluding hydrogens is 404 g/mol. The number of carbonyl (C=O) groups excluding carboxylic acids is 2. The first kappa shape index (κ1) is 23.5. The first-order valence-corrected chi connectivity index (χ1v) is 10.7. The van der Waals surface area contributed by atoms with Crippen LogP contribution >= 0.6 is 0 Å². The van der Waals surface area contributed by atoms with Gasteiger partial charge in [-0.25, -0.2) is 0 Å². The Bertz CT molecular complexity index is 1080. The van der Waals surface area contributed by atoms with Gasteiger partial charge in [0.2, 0.25) is 5.91 Å². The standard InChI is InChI=1S/C25H32N4O3/c1-27(2)13-12-19-16-29(23-11-10-20(32-4)15-21(19)23)24(30)17-28(3)25(31)22(26)14-18-8-6-5-7-9-18/h5-11,15-16,22H,12-14,17,26H2,1-4H3/t22-/m0/s1. The van der Waals surface area contributed by atoms with E-state index in [-0.39, 0.29) is 18.4 Å². The Balaban J connectivity index is 1.77. The number of aromatic nitrogens is 1. The minimum Gasteiger partial charge on any atom is -0.497 e. The van der Waals surface area contributed by atoms with Crippen LogP contribution in [-0.2, 0) is 17.6 Å². The van der Waals surface area contributed by atoms with Gasteiger partial charge in [0.05, 0.1) is 18.7 Å². The quantitative estimate of drug-likeness (QED) is 0.557. The summed E-state index contributed by atoms with van der Waals surface area (Å²) >= 11 is 0. The number of hydrogen-bond acceptors (Lipinski definition) is 5. The molecular formula is C25H32N4O3. The second kappa shape index (κ2) is 10.4. The third kappa shape index (κ3) is 5.55. The second-order valence-corrected chi connectivity index (χ2v) is 8.34. The molecule has 7 nitrogen and oxygen atoms in total. The third-order valence-electron chi connectivity index (χ3n) is 5.56. The summed E-state index contributed by atoms with van der Waals surface area (Å²) in [4.78, 5) is 29.4. The van der Waals surface area contributed by atoms with Gasteiger partial charge in [-0.1, -0.05) is 30.3 Å². The van der Waals surface area contributed by atoms with Crippen LogP contribution in [0.3, 0.4) is 0 Å². The fourth-order valence-corrected chi connectivity index (χ4v) is 3.75. The Morgan fingerprint density at radius 3 is 2.47 bits per heavy atom. The second-order valence-electron chi connectivity index (χ2n) is 8.34. The number of rotatable bonds is 9. The minimum atomic E-state index is -0.698. The van der Waals surface area contributed by atoms with Gasteiger partial charge in [-0.05, 0) is 56.3 Å². The maximum absolute atomic E-state index is 13.1. The summed E-state index contributed by atoms with van der Waals surface area (Å²) in [6.45, 7) is 0.807. The number of nitrogens with zero attached hydrogens (tertiary/aromatic N) is 3. The number of hydrogen-bond donors (Lipinski definition) is 1. The Morgan fingerprint density at radius 2 is 1.81 bits per heavy atom. The molecule has 7 heteroatoms. The highest BCUT2D eigenvalue weighted by Crippen LogP contribution is 2.26. The molecule has 1 amide bonds. The van der Waals surface area contributed by atoms with Gasteiger partial charge in [0, 0.05) is 25.2 Å². The van der Waals surface area contributed by atoms with Gasteiger partial charge in [0.15, 0.2) is 0 Å². The monoisotopic (exact) mass is 436 g/mol. The predicted octanol–water partition coefficient (Wildman–Crippen LogP) is 2.42. The van der Waals surface area contributed by atoms with E-state index in [4.69, 9.17) is 10.5 Å². The van der Waals surface area contributed by atoms with Crippen molar-refractivity contribution in [3.63, 3.8) is 0 Å². The first-order valence-electron chi connectivity index (χ1n) is 10.7. The van der Waals surface area contributed by atoms with Gasteiger partial charge < -0.3 is 20.3 Å². The summed E-state index contributed by atoms with van der Waals surface area (Å²) in [5, 5.41) is 0.981. The fourth-order valence-electron chi connectivity index (χ4n) is 3.75. The van der Waals surface area contributed by atoms with Crippen LogP contribution in [0, 0.1) is 0 Å². The normalized spacial score (nSPS) is 12.2. The number of amides is 1. The number of benzene rings is 2. The van der Waals surface area contributed by atoms with Gasteiger partial charge in [0.25, 0.3) is 5.91 Å². The van der Waals surface area contributed by atoms with Crippen molar-refractivity contribution in [2.45, 2.75) is 18.9 Å². The molecule has 0 aliphatic rings. The lowest BCUT2D eigenvalue weighted by Crippen LogP contribution is -2.45. The van der Waals surface area contributed by atoms with Gasteiger partial charge in [0.1, 0.15) is 12.3 Å². The summed E-state index contributed by atoms with van der Waals surface area (Å²) in [6.07, 6.45) is 3.10. The van der Waals surface area contributed by atoms with Crippen molar-refractivity contribution in [3.8, 4) is 5.75 Å². The summed E-state index contributed by atoms with van der Waals surface area (Å²) in [5.74, 6) is 0.306. The van der Waals surface area contributed by atoms with Crippen molar-refractivity contribution >= 4 is 22.7 Å². The van der Waals surface area contributed by atoms with Crippen LogP contribution in [-0.4, -0.2) is 73.6 Å². The van der Waals surface area contributed by atoms with Crippen molar-refractivity contribution in [2.24, 2.45) is 5.73 Å². The molecule has 2 N–H and O–H groups in total. The average molecular weight is 437 g/mol. The molecule has 32 heavy (non-hydrogen) atoms. The smallest absolute Gasteiger partial charge is 0.250 e. The lowest BCUT2D eigenvalue weighted by atomic mass is 10.1. The fraction of sp³-hybridized carbons (Fsp3) is 0.360. The molecule has 3 aromatic rings. The number of methoxy groups -OCH3 is 1. The van der Waals surface area contributed by atoms with E-state index in [9.17, 15) is 9.59 Å². The van der Waals surface area contributed by atoms with Gasteiger partial charge >= 0.3 is 0 Å². The minimum absolute atomic E-state index is 0.0513. The molecule has 0 spiro atoms.